The second kappa shape index (κ2) is 12.4. The number of carbonyl (C=O) groups is 1. The molecule has 3 rings (SSSR count). The van der Waals surface area contributed by atoms with Crippen molar-refractivity contribution in [2.24, 2.45) is 0 Å². The van der Waals surface area contributed by atoms with Gasteiger partial charge in [0.05, 0.1) is 15.1 Å². The van der Waals surface area contributed by atoms with E-state index in [1.54, 1.807) is 12.1 Å². The maximum Gasteiger partial charge on any atom is 0.289 e. The fraction of sp³-hybridized carbons (Fsp3) is 0.154. The largest absolute Gasteiger partial charge is 0.490 e. The van der Waals surface area contributed by atoms with Crippen molar-refractivity contribution in [3.05, 3.63) is 95.6 Å². The Bertz CT molecular complexity index is 1380. The number of benzene rings is 3. The number of anilines is 1. The minimum atomic E-state index is -0.720. The van der Waals surface area contributed by atoms with Gasteiger partial charge in [-0.3, -0.25) is 14.9 Å². The molecule has 3 aromatic rings. The zero-order chi connectivity index (χ0) is 26.2. The summed E-state index contributed by atoms with van der Waals surface area (Å²) >= 11 is 7.93. The highest BCUT2D eigenvalue weighted by molar-refractivity contribution is 14.1. The van der Waals surface area contributed by atoms with Crippen LogP contribution in [0.2, 0.25) is 5.02 Å². The molecule has 0 aliphatic rings. The summed E-state index contributed by atoms with van der Waals surface area (Å²) in [4.78, 5) is 23.2. The molecule has 0 saturated heterocycles. The summed E-state index contributed by atoms with van der Waals surface area (Å²) in [5, 5.41) is 23.1. The summed E-state index contributed by atoms with van der Waals surface area (Å²) in [6, 6.07) is 17.1. The number of nitrogens with one attached hydrogen (secondary N) is 1. The van der Waals surface area contributed by atoms with E-state index in [9.17, 15) is 20.2 Å². The van der Waals surface area contributed by atoms with Crippen molar-refractivity contribution in [2.45, 2.75) is 20.5 Å². The number of rotatable bonds is 9. The van der Waals surface area contributed by atoms with Crippen molar-refractivity contribution in [3.63, 3.8) is 0 Å². The number of carbonyl (C=O) groups excluding carboxylic acids is 1. The van der Waals surface area contributed by atoms with Gasteiger partial charge >= 0.3 is 0 Å². The third kappa shape index (κ3) is 6.74. The van der Waals surface area contributed by atoms with Crippen LogP contribution in [0.4, 0.5) is 11.4 Å². The third-order valence-corrected chi connectivity index (χ3v) is 6.16. The molecule has 1 amide bonds. The zero-order valence-electron chi connectivity index (χ0n) is 19.4. The van der Waals surface area contributed by atoms with E-state index in [2.05, 4.69) is 27.9 Å². The maximum atomic E-state index is 12.7. The maximum absolute atomic E-state index is 12.7. The summed E-state index contributed by atoms with van der Waals surface area (Å²) < 4.78 is 12.6. The Kier molecular flexibility index (Phi) is 9.27. The summed E-state index contributed by atoms with van der Waals surface area (Å²) in [6.07, 6.45) is 1.41. The summed E-state index contributed by atoms with van der Waals surface area (Å²) in [7, 11) is 0. The molecule has 0 bridgehead atoms. The molecule has 36 heavy (non-hydrogen) atoms. The number of nitro groups is 1. The molecule has 0 aliphatic carbocycles. The molecule has 0 aromatic heterocycles. The molecule has 184 valence electrons. The normalized spacial score (nSPS) is 10.9. The number of amides is 1. The van der Waals surface area contributed by atoms with Gasteiger partial charge in [-0.2, -0.15) is 5.26 Å². The lowest BCUT2D eigenvalue weighted by Crippen LogP contribution is -2.13. The smallest absolute Gasteiger partial charge is 0.289 e. The van der Waals surface area contributed by atoms with E-state index in [-0.39, 0.29) is 22.0 Å². The van der Waals surface area contributed by atoms with Gasteiger partial charge in [-0.1, -0.05) is 35.9 Å². The first-order valence-electron chi connectivity index (χ1n) is 10.7. The van der Waals surface area contributed by atoms with Gasteiger partial charge < -0.3 is 14.8 Å². The molecule has 10 heteroatoms. The zero-order valence-corrected chi connectivity index (χ0v) is 22.3. The van der Waals surface area contributed by atoms with Crippen molar-refractivity contribution in [3.8, 4) is 17.6 Å². The molecule has 0 fully saturated rings. The number of hydrogen-bond acceptors (Lipinski definition) is 6. The van der Waals surface area contributed by atoms with Crippen LogP contribution < -0.4 is 14.8 Å². The van der Waals surface area contributed by atoms with Crippen LogP contribution in [0.15, 0.2) is 60.2 Å². The average Bonchev–Trinajstić information content (AvgIpc) is 2.84. The van der Waals surface area contributed by atoms with Gasteiger partial charge in [0.1, 0.15) is 23.3 Å². The van der Waals surface area contributed by atoms with Crippen LogP contribution in [-0.2, 0) is 11.4 Å². The van der Waals surface area contributed by atoms with E-state index < -0.39 is 10.8 Å². The topological polar surface area (TPSA) is 114 Å². The van der Waals surface area contributed by atoms with Crippen molar-refractivity contribution in [1.29, 1.82) is 5.26 Å². The summed E-state index contributed by atoms with van der Waals surface area (Å²) in [6.45, 7) is 4.61. The van der Waals surface area contributed by atoms with Crippen molar-refractivity contribution < 1.29 is 19.2 Å². The van der Waals surface area contributed by atoms with Gasteiger partial charge in [0.2, 0.25) is 0 Å². The fourth-order valence-corrected chi connectivity index (χ4v) is 4.21. The molecule has 0 heterocycles. The highest BCUT2D eigenvalue weighted by atomic mass is 127. The molecule has 0 radical (unpaired) electrons. The lowest BCUT2D eigenvalue weighted by atomic mass is 10.1. The van der Waals surface area contributed by atoms with Gasteiger partial charge in [0.25, 0.3) is 11.6 Å². The molecule has 8 nitrogen and oxygen atoms in total. The molecule has 0 atom stereocenters. The van der Waals surface area contributed by atoms with E-state index in [0.717, 1.165) is 20.8 Å². The minimum absolute atomic E-state index is 0.0585. The second-order valence-electron chi connectivity index (χ2n) is 7.53. The number of aryl methyl sites for hydroxylation is 1. The quantitative estimate of drug-likeness (QED) is 0.0941. The Morgan fingerprint density at radius 2 is 1.97 bits per heavy atom. The van der Waals surface area contributed by atoms with E-state index in [0.29, 0.717) is 30.3 Å². The molecule has 3 aromatic carbocycles. The summed E-state index contributed by atoms with van der Waals surface area (Å²) in [5.41, 5.74) is 2.31. The van der Waals surface area contributed by atoms with Crippen LogP contribution in [0.3, 0.4) is 0 Å². The molecule has 0 saturated carbocycles. The van der Waals surface area contributed by atoms with E-state index in [4.69, 9.17) is 21.1 Å². The number of ether oxygens (including phenoxy) is 2. The van der Waals surface area contributed by atoms with Crippen molar-refractivity contribution >= 4 is 57.5 Å². The van der Waals surface area contributed by atoms with Crippen LogP contribution in [0, 0.1) is 31.9 Å². The Hall–Kier alpha value is -3.62. The predicted molar refractivity (Wildman–Crippen MR) is 146 cm³/mol. The van der Waals surface area contributed by atoms with E-state index in [1.807, 2.05) is 44.2 Å². The number of nitrogens with zero attached hydrogens (tertiary/aromatic N) is 2. The van der Waals surface area contributed by atoms with Crippen LogP contribution >= 0.6 is 34.2 Å². The standard InChI is InChI=1S/C26H21ClIN3O5/c1-3-35-24-12-17(11-22(28)25(24)36-15-18-7-5-4-6-16(18)2)10-19(14-29)26(32)30-20-8-9-21(27)23(13-20)31(33)34/h4-13H,3,15H2,1-2H3,(H,30,32)/b19-10+. The molecule has 0 unspecified atom stereocenters. The van der Waals surface area contributed by atoms with E-state index >= 15 is 0 Å². The second-order valence-corrected chi connectivity index (χ2v) is 9.09. The molecular weight excluding hydrogens is 597 g/mol. The monoisotopic (exact) mass is 617 g/mol. The van der Waals surface area contributed by atoms with Crippen LogP contribution in [0.25, 0.3) is 6.08 Å². The first kappa shape index (κ1) is 27.0. The van der Waals surface area contributed by atoms with Crippen LogP contribution in [0.5, 0.6) is 11.5 Å². The van der Waals surface area contributed by atoms with E-state index in [1.165, 1.54) is 18.2 Å². The predicted octanol–water partition coefficient (Wildman–Crippen LogP) is 6.68. The van der Waals surface area contributed by atoms with Gasteiger partial charge in [0, 0.05) is 11.8 Å². The summed E-state index contributed by atoms with van der Waals surface area (Å²) in [5.74, 6) is 0.325. The Morgan fingerprint density at radius 3 is 2.64 bits per heavy atom. The first-order chi connectivity index (χ1) is 17.2. The van der Waals surface area contributed by atoms with Crippen LogP contribution in [-0.4, -0.2) is 17.4 Å². The number of nitro benzene ring substituents is 1. The minimum Gasteiger partial charge on any atom is -0.490 e. The molecule has 1 N–H and O–H groups in total. The fourth-order valence-electron chi connectivity index (χ4n) is 3.24. The molecule has 0 aliphatic heterocycles. The van der Waals surface area contributed by atoms with Gasteiger partial charge in [-0.05, 0) is 83.5 Å². The van der Waals surface area contributed by atoms with Crippen LogP contribution in [0.1, 0.15) is 23.6 Å². The molecule has 0 spiro atoms. The lowest BCUT2D eigenvalue weighted by Gasteiger charge is -2.15. The Balaban J connectivity index is 1.86. The number of hydrogen-bond donors (Lipinski definition) is 1. The average molecular weight is 618 g/mol. The number of nitriles is 1. The van der Waals surface area contributed by atoms with Gasteiger partial charge in [-0.15, -0.1) is 0 Å². The van der Waals surface area contributed by atoms with Gasteiger partial charge in [-0.25, -0.2) is 0 Å². The highest BCUT2D eigenvalue weighted by Gasteiger charge is 2.17. The van der Waals surface area contributed by atoms with Gasteiger partial charge in [0.15, 0.2) is 11.5 Å². The lowest BCUT2D eigenvalue weighted by molar-refractivity contribution is -0.384. The Labute approximate surface area is 226 Å². The molecular formula is C26H21ClIN3O5. The van der Waals surface area contributed by atoms with Crippen molar-refractivity contribution in [2.75, 3.05) is 11.9 Å². The SMILES string of the molecule is CCOc1cc(/C=C(\C#N)C(=O)Nc2ccc(Cl)c([N+](=O)[O-])c2)cc(I)c1OCc1ccccc1C. The number of halogens is 2. The Morgan fingerprint density at radius 1 is 1.22 bits per heavy atom. The third-order valence-electron chi connectivity index (χ3n) is 5.04. The van der Waals surface area contributed by atoms with Crippen molar-refractivity contribution in [1.82, 2.24) is 0 Å². The first-order valence-corrected chi connectivity index (χ1v) is 12.2. The highest BCUT2D eigenvalue weighted by Crippen LogP contribution is 2.36.